The first-order valence-electron chi connectivity index (χ1n) is 11.3. The number of benzene rings is 2. The van der Waals surface area contributed by atoms with Crippen LogP contribution in [0.25, 0.3) is 5.69 Å². The maximum Gasteiger partial charge on any atom is 0.324 e. The average Bonchev–Trinajstić information content (AvgIpc) is 3.46. The van der Waals surface area contributed by atoms with Gasteiger partial charge in [0.1, 0.15) is 23.6 Å². The molecule has 0 fully saturated rings. The number of hydrazine groups is 1. The summed E-state index contributed by atoms with van der Waals surface area (Å²) in [5, 5.41) is 21.3. The van der Waals surface area contributed by atoms with E-state index in [9.17, 15) is 10.0 Å². The summed E-state index contributed by atoms with van der Waals surface area (Å²) in [5.74, 6) is 1.38. The van der Waals surface area contributed by atoms with Gasteiger partial charge in [-0.25, -0.2) is 19.5 Å². The highest BCUT2D eigenvalue weighted by Gasteiger charge is 2.27. The fraction of sp³-hybridized carbons (Fsp3) is 0.160. The number of para-hydroxylation sites is 1. The van der Waals surface area contributed by atoms with Crippen molar-refractivity contribution in [2.75, 3.05) is 10.6 Å². The third-order valence-corrected chi connectivity index (χ3v) is 5.44. The molecule has 2 aliphatic heterocycles. The normalized spacial score (nSPS) is 14.6. The van der Waals surface area contributed by atoms with Gasteiger partial charge in [0.15, 0.2) is 5.70 Å². The maximum atomic E-state index is 12.8. The molecule has 5 N–H and O–H groups in total. The van der Waals surface area contributed by atoms with Gasteiger partial charge in [-0.2, -0.15) is 5.10 Å². The Kier molecular flexibility index (Phi) is 5.82. The summed E-state index contributed by atoms with van der Waals surface area (Å²) in [4.78, 5) is 16.7. The number of fused-ring (bicyclic) bond motifs is 1. The highest BCUT2D eigenvalue weighted by atomic mass is 16.5. The highest BCUT2D eigenvalue weighted by Crippen LogP contribution is 2.27. The predicted molar refractivity (Wildman–Crippen MR) is 135 cm³/mol. The molecule has 184 valence electrons. The molecule has 11 heteroatoms. The summed E-state index contributed by atoms with van der Waals surface area (Å²) in [5.41, 5.74) is 8.81. The minimum atomic E-state index is -0.403. The largest absolute Gasteiger partial charge is 0.437 e. The smallest absolute Gasteiger partial charge is 0.324 e. The molecule has 36 heavy (non-hydrogen) atoms. The van der Waals surface area contributed by atoms with Gasteiger partial charge in [-0.1, -0.05) is 39.0 Å². The lowest BCUT2D eigenvalue weighted by atomic mass is 9.92. The van der Waals surface area contributed by atoms with Gasteiger partial charge in [0.05, 0.1) is 17.6 Å². The molecule has 11 nitrogen and oxygen atoms in total. The maximum absolute atomic E-state index is 12.8. The zero-order chi connectivity index (χ0) is 25.3. The Balaban J connectivity index is 1.28. The number of aliphatic imine (C=N–C) groups is 1. The van der Waals surface area contributed by atoms with Crippen LogP contribution >= 0.6 is 0 Å². The molecule has 1 aromatic heterocycles. The van der Waals surface area contributed by atoms with Crippen molar-refractivity contribution in [2.24, 2.45) is 4.99 Å². The number of carbonyl (C=O) groups is 1. The second kappa shape index (κ2) is 9.12. The molecule has 0 radical (unpaired) electrons. The van der Waals surface area contributed by atoms with Gasteiger partial charge in [-0.3, -0.25) is 21.4 Å². The Hall–Kier alpha value is -4.77. The highest BCUT2D eigenvalue weighted by molar-refractivity contribution is 5.99. The summed E-state index contributed by atoms with van der Waals surface area (Å²) in [7, 11) is 0. The zero-order valence-corrected chi connectivity index (χ0v) is 20.0. The van der Waals surface area contributed by atoms with E-state index in [0.29, 0.717) is 34.5 Å². The first-order valence-corrected chi connectivity index (χ1v) is 11.3. The Morgan fingerprint density at radius 1 is 1.03 bits per heavy atom. The van der Waals surface area contributed by atoms with Crippen molar-refractivity contribution in [3.05, 3.63) is 89.8 Å². The number of hydrogen-bond donors (Lipinski definition) is 5. The molecule has 0 unspecified atom stereocenters. The number of aromatic nitrogens is 2. The molecule has 0 atom stereocenters. The van der Waals surface area contributed by atoms with Gasteiger partial charge >= 0.3 is 6.03 Å². The summed E-state index contributed by atoms with van der Waals surface area (Å²) < 4.78 is 7.55. The summed E-state index contributed by atoms with van der Waals surface area (Å²) in [6, 6.07) is 18.0. The number of anilines is 2. The van der Waals surface area contributed by atoms with Crippen LogP contribution in [0, 0.1) is 0 Å². The van der Waals surface area contributed by atoms with Crippen molar-refractivity contribution in [3.63, 3.8) is 0 Å². The van der Waals surface area contributed by atoms with Crippen LogP contribution in [0.4, 0.5) is 16.3 Å². The average molecular weight is 487 g/mol. The van der Waals surface area contributed by atoms with Crippen LogP contribution in [-0.4, -0.2) is 32.4 Å². The Morgan fingerprint density at radius 3 is 2.50 bits per heavy atom. The lowest BCUT2D eigenvalue weighted by Gasteiger charge is -2.16. The lowest BCUT2D eigenvalue weighted by Crippen LogP contribution is -2.25. The van der Waals surface area contributed by atoms with E-state index < -0.39 is 6.03 Å². The Labute approximate surface area is 207 Å². The first-order chi connectivity index (χ1) is 17.3. The van der Waals surface area contributed by atoms with Gasteiger partial charge < -0.3 is 10.1 Å². The van der Waals surface area contributed by atoms with Crippen molar-refractivity contribution in [3.8, 4) is 11.4 Å². The quantitative estimate of drug-likeness (QED) is 0.368. The lowest BCUT2D eigenvalue weighted by molar-refractivity contribution is 0.0270. The predicted octanol–water partition coefficient (Wildman–Crippen LogP) is 4.04. The third kappa shape index (κ3) is 4.72. The van der Waals surface area contributed by atoms with Crippen molar-refractivity contribution in [2.45, 2.75) is 26.2 Å². The zero-order valence-electron chi connectivity index (χ0n) is 20.0. The summed E-state index contributed by atoms with van der Waals surface area (Å²) >= 11 is 0. The van der Waals surface area contributed by atoms with Gasteiger partial charge in [0, 0.05) is 17.2 Å². The minimum absolute atomic E-state index is 0.184. The number of nitrogens with zero attached hydrogens (tertiary/aromatic N) is 4. The van der Waals surface area contributed by atoms with Crippen LogP contribution in [0.15, 0.2) is 89.1 Å². The molecule has 2 amide bonds. The molecular formula is C25H26N8O3. The van der Waals surface area contributed by atoms with Crippen LogP contribution in [0.1, 0.15) is 26.5 Å². The molecule has 3 aromatic rings. The monoisotopic (exact) mass is 486 g/mol. The Morgan fingerprint density at radius 2 is 1.78 bits per heavy atom. The molecule has 0 saturated heterocycles. The molecule has 0 saturated carbocycles. The fourth-order valence-electron chi connectivity index (χ4n) is 3.59. The number of urea groups is 1. The van der Waals surface area contributed by atoms with Crippen LogP contribution in [0.2, 0.25) is 0 Å². The molecule has 5 rings (SSSR count). The number of hydroxylamine groups is 2. The van der Waals surface area contributed by atoms with Gasteiger partial charge in [0.25, 0.3) is 0 Å². The molecule has 0 bridgehead atoms. The molecular weight excluding hydrogens is 460 g/mol. The second-order valence-corrected chi connectivity index (χ2v) is 9.20. The fourth-order valence-corrected chi connectivity index (χ4v) is 3.59. The number of carbonyl (C=O) groups excluding carboxylic acids is 1. The topological polar surface area (TPSA) is 128 Å². The number of nitrogens with one attached hydrogen (secondary N) is 4. The minimum Gasteiger partial charge on any atom is -0.437 e. The third-order valence-electron chi connectivity index (χ3n) is 5.44. The van der Waals surface area contributed by atoms with Crippen molar-refractivity contribution in [1.82, 2.24) is 25.7 Å². The summed E-state index contributed by atoms with van der Waals surface area (Å²) in [6.07, 6.45) is 2.82. The number of ether oxygens (including phenoxy) is 1. The second-order valence-electron chi connectivity index (χ2n) is 9.20. The van der Waals surface area contributed by atoms with Crippen LogP contribution in [-0.2, 0) is 5.41 Å². The van der Waals surface area contributed by atoms with Crippen LogP contribution in [0.3, 0.4) is 0 Å². The summed E-state index contributed by atoms with van der Waals surface area (Å²) in [6.45, 7) is 6.22. The van der Waals surface area contributed by atoms with E-state index in [1.165, 1.54) is 6.34 Å². The van der Waals surface area contributed by atoms with E-state index in [1.54, 1.807) is 35.1 Å². The van der Waals surface area contributed by atoms with Crippen molar-refractivity contribution in [1.29, 1.82) is 0 Å². The van der Waals surface area contributed by atoms with Gasteiger partial charge in [-0.15, -0.1) is 0 Å². The first kappa shape index (κ1) is 23.0. The standard InChI is InChI=1S/C25H26N8O3/c1-25(2,3)20-13-21(33(31-20)17-7-5-4-6-8-17)28-24(34)27-16-9-11-18(12-10-16)36-23-22-19(29-30-23)14-26-15-32(22)35/h4-15,29-30,35H,1-3H3,(H2,27,28,34). The number of rotatable bonds is 5. The molecule has 2 aliphatic rings. The van der Waals surface area contributed by atoms with Gasteiger partial charge in [-0.05, 0) is 36.4 Å². The van der Waals surface area contributed by atoms with E-state index in [4.69, 9.17) is 9.84 Å². The number of amides is 2. The van der Waals surface area contributed by atoms with E-state index >= 15 is 0 Å². The van der Waals surface area contributed by atoms with E-state index in [-0.39, 0.29) is 5.41 Å². The number of hydrogen-bond acceptors (Lipinski definition) is 8. The van der Waals surface area contributed by atoms with E-state index in [1.807, 2.05) is 36.4 Å². The van der Waals surface area contributed by atoms with Gasteiger partial charge in [0.2, 0.25) is 5.88 Å². The van der Waals surface area contributed by atoms with E-state index in [0.717, 1.165) is 16.4 Å². The SMILES string of the molecule is CC(C)(C)c1cc(NC(=O)Nc2ccc(OC3=C4C(=CN=CN4O)NN3)cc2)n(-c2ccccc2)n1. The molecule has 0 spiro atoms. The van der Waals surface area contributed by atoms with E-state index in [2.05, 4.69) is 47.2 Å². The van der Waals surface area contributed by atoms with Crippen LogP contribution < -0.4 is 26.2 Å². The van der Waals surface area contributed by atoms with Crippen molar-refractivity contribution < 1.29 is 14.7 Å². The molecule has 2 aromatic carbocycles. The molecule has 3 heterocycles. The van der Waals surface area contributed by atoms with Crippen LogP contribution in [0.5, 0.6) is 5.75 Å². The molecule has 0 aliphatic carbocycles. The Bertz CT molecular complexity index is 1370. The van der Waals surface area contributed by atoms with Crippen molar-refractivity contribution >= 4 is 23.9 Å².